The fourth-order valence-electron chi connectivity index (χ4n) is 9.78. The summed E-state index contributed by atoms with van der Waals surface area (Å²) in [4.78, 5) is 0. The van der Waals surface area contributed by atoms with Crippen LogP contribution in [-0.2, 0) is 18.5 Å². The first-order chi connectivity index (χ1) is 39.3. The van der Waals surface area contributed by atoms with Gasteiger partial charge in [-0.3, -0.25) is 0 Å². The number of benzene rings is 8. The molecule has 0 heterocycles. The van der Waals surface area contributed by atoms with Crippen molar-refractivity contribution in [2.24, 2.45) is 0 Å². The smallest absolute Gasteiger partial charge is 0.207 e. The summed E-state index contributed by atoms with van der Waals surface area (Å²) in [6, 6.07) is 14.2. The molecule has 0 saturated carbocycles. The van der Waals surface area contributed by atoms with E-state index in [2.05, 4.69) is 13.2 Å². The maximum absolute atomic E-state index is 17.4. The average molecular weight is 1250 g/mol. The molecular formula is C55H17BF29Li. The Morgan fingerprint density at radius 1 is 0.256 bits per heavy atom. The monoisotopic (exact) mass is 1250 g/mol. The van der Waals surface area contributed by atoms with Gasteiger partial charge in [0.25, 0.3) is 0 Å². The van der Waals surface area contributed by atoms with Gasteiger partial charge in [0, 0.05) is 0 Å². The molecule has 0 aromatic heterocycles. The minimum atomic E-state index is -8.32. The third-order valence-electron chi connectivity index (χ3n) is 13.5. The van der Waals surface area contributed by atoms with Crippen LogP contribution in [-0.4, -0.2) is 6.15 Å². The Morgan fingerprint density at radius 3 is 0.674 bits per heavy atom. The zero-order valence-corrected chi connectivity index (χ0v) is 41.5. The van der Waals surface area contributed by atoms with Crippen LogP contribution in [0.4, 0.5) is 127 Å². The van der Waals surface area contributed by atoms with Crippen molar-refractivity contribution in [2.75, 3.05) is 0 Å². The van der Waals surface area contributed by atoms with Gasteiger partial charge in [-0.1, -0.05) is 73.8 Å². The van der Waals surface area contributed by atoms with Crippen molar-refractivity contribution in [1.29, 1.82) is 0 Å². The average Bonchev–Trinajstić information content (AvgIpc) is 0.681. The van der Waals surface area contributed by atoms with Gasteiger partial charge in [-0.15, -0.1) is 21.9 Å². The standard InChI is InChI=1S/C55H17BF29.Li/c1-3-16-5-9-18(10-6-16)20-13-21(19-11-7-17(4-2)8-12-19)15-22(14-20)23-33(57)35(59)24(36(60)34(23)58)25-37(61)45(69)29(46(70)38(25)62)56(30-47(71)39(63)26(53(77,78)79)40(64)48(30)72,31-49(73)41(65)27(54(80,81)82)42(66)50(31)74)32-51(75)43(67)28(55(83,84)85)44(68)52(32)76;/h3-15H,1-2H2;/q-1;+1. The van der Waals surface area contributed by atoms with Crippen LogP contribution in [0.1, 0.15) is 27.8 Å². The van der Waals surface area contributed by atoms with Gasteiger partial charge in [0.05, 0.1) is 16.7 Å². The van der Waals surface area contributed by atoms with E-state index < -0.39 is 202 Å². The van der Waals surface area contributed by atoms with E-state index in [-0.39, 0.29) is 41.1 Å². The van der Waals surface area contributed by atoms with Crippen LogP contribution in [0.2, 0.25) is 0 Å². The summed E-state index contributed by atoms with van der Waals surface area (Å²) in [5, 5.41) is 0. The van der Waals surface area contributed by atoms with Gasteiger partial charge in [-0.25, -0.2) is 87.8 Å². The van der Waals surface area contributed by atoms with Crippen LogP contribution < -0.4 is 40.7 Å². The van der Waals surface area contributed by atoms with Gasteiger partial charge in [0.2, 0.25) is 0 Å². The SMILES string of the molecule is C=Cc1ccc(-c2cc(-c3ccc(C=C)cc3)cc(-c3c(F)c(F)c(-c4c(F)c(F)c([B-](c5c(F)c(F)c(C(F)(F)F)c(F)c5F)(c5c(F)c(F)c(C(F)(F)F)c(F)c5F)c5c(F)c(F)c(C(F)(F)F)c(F)c5F)c(F)c4F)c(F)c3F)c2)cc1.[Li+]. The molecule has 0 nitrogen and oxygen atoms in total. The summed E-state index contributed by atoms with van der Waals surface area (Å²) in [5.74, 6) is -81.8. The molecule has 31 heteroatoms. The molecule has 0 bridgehead atoms. The molecule has 8 aromatic rings. The molecule has 444 valence electrons. The summed E-state index contributed by atoms with van der Waals surface area (Å²) in [6.45, 7) is 7.11. The summed E-state index contributed by atoms with van der Waals surface area (Å²) in [7, 11) is 0. The van der Waals surface area contributed by atoms with E-state index in [9.17, 15) is 39.5 Å². The molecule has 8 aromatic carbocycles. The van der Waals surface area contributed by atoms with Gasteiger partial charge < -0.3 is 0 Å². The predicted molar refractivity (Wildman–Crippen MR) is 246 cm³/mol. The Hall–Kier alpha value is -8.13. The summed E-state index contributed by atoms with van der Waals surface area (Å²) >= 11 is 0. The molecule has 0 saturated heterocycles. The molecule has 0 amide bonds. The summed E-state index contributed by atoms with van der Waals surface area (Å²) in [5.41, 5.74) is -37.7. The van der Waals surface area contributed by atoms with Crippen molar-refractivity contribution in [3.05, 3.63) is 224 Å². The molecule has 0 N–H and O–H groups in total. The third kappa shape index (κ3) is 10.0. The van der Waals surface area contributed by atoms with Gasteiger partial charge in [0.15, 0.2) is 69.8 Å². The zero-order valence-electron chi connectivity index (χ0n) is 41.5. The van der Waals surface area contributed by atoms with Crippen LogP contribution in [0, 0.1) is 116 Å². The van der Waals surface area contributed by atoms with Gasteiger partial charge in [0.1, 0.15) is 69.4 Å². The van der Waals surface area contributed by atoms with E-state index in [0.717, 1.165) is 12.1 Å². The molecule has 0 radical (unpaired) electrons. The van der Waals surface area contributed by atoms with Crippen molar-refractivity contribution < 1.29 is 146 Å². The van der Waals surface area contributed by atoms with Crippen LogP contribution in [0.3, 0.4) is 0 Å². The second-order valence-corrected chi connectivity index (χ2v) is 18.0. The molecule has 8 rings (SSSR count). The second-order valence-electron chi connectivity index (χ2n) is 18.0. The quantitative estimate of drug-likeness (QED) is 0.0727. The molecule has 0 fully saturated rings. The van der Waals surface area contributed by atoms with E-state index in [1.807, 2.05) is 0 Å². The summed E-state index contributed by atoms with van der Waals surface area (Å²) < 4.78 is 455. The summed E-state index contributed by atoms with van der Waals surface area (Å²) in [6.07, 6.45) is -26.5. The Bertz CT molecular complexity index is 3750. The number of halogens is 29. The van der Waals surface area contributed by atoms with E-state index >= 15 is 87.8 Å². The fraction of sp³-hybridized carbons (Fsp3) is 0.0545. The fourth-order valence-corrected chi connectivity index (χ4v) is 9.78. The number of hydrogen-bond donors (Lipinski definition) is 0. The van der Waals surface area contributed by atoms with Gasteiger partial charge in [-0.2, -0.15) is 39.5 Å². The van der Waals surface area contributed by atoms with E-state index in [1.165, 1.54) is 66.7 Å². The van der Waals surface area contributed by atoms with Crippen molar-refractivity contribution >= 4 is 40.1 Å². The van der Waals surface area contributed by atoms with Crippen LogP contribution in [0.5, 0.6) is 0 Å². The first kappa shape index (κ1) is 65.4. The normalized spacial score (nSPS) is 12.2. The maximum Gasteiger partial charge on any atom is 1.00 e. The Morgan fingerprint density at radius 2 is 0.453 bits per heavy atom. The largest absolute Gasteiger partial charge is 1.00 e. The Kier molecular flexibility index (Phi) is 17.2. The number of alkyl halides is 9. The molecule has 0 aliphatic heterocycles. The number of hydrogen-bond acceptors (Lipinski definition) is 0. The predicted octanol–water partition coefficient (Wildman–Crippen LogP) is 13.9. The van der Waals surface area contributed by atoms with E-state index in [1.54, 1.807) is 0 Å². The topological polar surface area (TPSA) is 0 Å². The van der Waals surface area contributed by atoms with Crippen LogP contribution in [0.25, 0.3) is 56.7 Å². The molecule has 0 spiro atoms. The maximum atomic E-state index is 17.4. The second kappa shape index (κ2) is 22.6. The molecule has 0 aliphatic carbocycles. The molecule has 0 aliphatic rings. The van der Waals surface area contributed by atoms with Crippen molar-refractivity contribution in [2.45, 2.75) is 18.5 Å². The zero-order chi connectivity index (χ0) is 63.6. The Labute approximate surface area is 472 Å². The molecule has 86 heavy (non-hydrogen) atoms. The van der Waals surface area contributed by atoms with Gasteiger partial charge in [-0.05, 0) is 57.1 Å². The number of rotatable bonds is 10. The first-order valence-electron chi connectivity index (χ1n) is 22.7. The molecule has 0 unspecified atom stereocenters. The van der Waals surface area contributed by atoms with Crippen LogP contribution in [0.15, 0.2) is 79.9 Å². The van der Waals surface area contributed by atoms with Crippen molar-refractivity contribution in [1.82, 2.24) is 0 Å². The molecule has 0 atom stereocenters. The Balaban J connectivity index is 0.0000106. The van der Waals surface area contributed by atoms with Crippen LogP contribution >= 0.6 is 0 Å². The van der Waals surface area contributed by atoms with Gasteiger partial charge >= 0.3 is 37.4 Å². The minimum absolute atomic E-state index is 0. The van der Waals surface area contributed by atoms with E-state index in [4.69, 9.17) is 0 Å². The first-order valence-corrected chi connectivity index (χ1v) is 22.7. The minimum Gasteiger partial charge on any atom is -0.207 e. The molecular weight excluding hydrogens is 1230 g/mol. The van der Waals surface area contributed by atoms with Crippen molar-refractivity contribution in [3.8, 4) is 44.5 Å². The van der Waals surface area contributed by atoms with E-state index in [0.29, 0.717) is 11.1 Å². The third-order valence-corrected chi connectivity index (χ3v) is 13.5. The van der Waals surface area contributed by atoms with Crippen molar-refractivity contribution in [3.63, 3.8) is 0 Å².